The zero-order valence-electron chi connectivity index (χ0n) is 23.5. The summed E-state index contributed by atoms with van der Waals surface area (Å²) in [4.78, 5) is 55.2. The number of anilines is 2. The van der Waals surface area contributed by atoms with Gasteiger partial charge < -0.3 is 19.9 Å². The second-order valence-corrected chi connectivity index (χ2v) is 11.0. The van der Waals surface area contributed by atoms with Gasteiger partial charge in [0.05, 0.1) is 0 Å². The normalized spacial score (nSPS) is 14.6. The van der Waals surface area contributed by atoms with Crippen LogP contribution in [0, 0.1) is 19.8 Å². The number of carbonyl (C=O) groups excluding carboxylic acids is 3. The summed E-state index contributed by atoms with van der Waals surface area (Å²) in [6.45, 7) is 8.88. The van der Waals surface area contributed by atoms with E-state index in [4.69, 9.17) is 4.74 Å². The first kappa shape index (κ1) is 28.5. The molecule has 3 amide bonds. The van der Waals surface area contributed by atoms with Crippen LogP contribution < -0.4 is 21.5 Å². The maximum atomic E-state index is 13.2. The first-order valence-corrected chi connectivity index (χ1v) is 13.2. The Bertz CT molecular complexity index is 1490. The standard InChI is InChI=1S/C30H35N5O5/c1-18-13-22-15-23(14-20-9-7-6-8-10-20)27(37)34-26(22)28(38)35(18)17-25(36)31-16-21-11-12-24(32-19(21)2)33-29(39)40-30(3,4)5/h6-13,23H,14-17H2,1-5H3,(H,31,36)(H,34,37)(H,32,33,39). The summed E-state index contributed by atoms with van der Waals surface area (Å²) in [6, 6.07) is 15.0. The lowest BCUT2D eigenvalue weighted by Crippen LogP contribution is -2.39. The van der Waals surface area contributed by atoms with Gasteiger partial charge in [-0.25, -0.2) is 9.78 Å². The highest BCUT2D eigenvalue weighted by Gasteiger charge is 2.29. The Balaban J connectivity index is 1.38. The Morgan fingerprint density at radius 3 is 2.50 bits per heavy atom. The van der Waals surface area contributed by atoms with Gasteiger partial charge >= 0.3 is 6.09 Å². The van der Waals surface area contributed by atoms with Crippen molar-refractivity contribution in [3.63, 3.8) is 0 Å². The van der Waals surface area contributed by atoms with Crippen LogP contribution in [0.25, 0.3) is 0 Å². The minimum absolute atomic E-state index is 0.188. The molecular weight excluding hydrogens is 510 g/mol. The Kier molecular flexibility index (Phi) is 8.37. The van der Waals surface area contributed by atoms with E-state index in [0.29, 0.717) is 30.0 Å². The number of pyridine rings is 2. The second-order valence-electron chi connectivity index (χ2n) is 11.0. The lowest BCUT2D eigenvalue weighted by Gasteiger charge is -2.26. The van der Waals surface area contributed by atoms with E-state index in [0.717, 1.165) is 16.7 Å². The van der Waals surface area contributed by atoms with Crippen LogP contribution in [-0.4, -0.2) is 33.1 Å². The lowest BCUT2D eigenvalue weighted by molar-refractivity contribution is -0.122. The van der Waals surface area contributed by atoms with Crippen LogP contribution in [-0.2, 0) is 40.3 Å². The Labute approximate surface area is 233 Å². The third kappa shape index (κ3) is 7.13. The summed E-state index contributed by atoms with van der Waals surface area (Å²) in [5.41, 5.74) is 3.08. The summed E-state index contributed by atoms with van der Waals surface area (Å²) in [5.74, 6) is -0.480. The first-order chi connectivity index (χ1) is 18.9. The molecule has 0 aliphatic carbocycles. The zero-order chi connectivity index (χ0) is 29.0. The number of hydrogen-bond donors (Lipinski definition) is 3. The number of amides is 3. The summed E-state index contributed by atoms with van der Waals surface area (Å²) in [6.07, 6.45) is 0.446. The smallest absolute Gasteiger partial charge is 0.413 e. The Morgan fingerprint density at radius 2 is 1.82 bits per heavy atom. The molecule has 10 nitrogen and oxygen atoms in total. The summed E-state index contributed by atoms with van der Waals surface area (Å²) in [7, 11) is 0. The summed E-state index contributed by atoms with van der Waals surface area (Å²) >= 11 is 0. The van der Waals surface area contributed by atoms with Gasteiger partial charge in [0.2, 0.25) is 11.8 Å². The number of nitrogens with one attached hydrogen (secondary N) is 3. The Hall–Kier alpha value is -4.47. The number of aromatic nitrogens is 2. The summed E-state index contributed by atoms with van der Waals surface area (Å²) in [5, 5.41) is 8.20. The molecule has 0 bridgehead atoms. The van der Waals surface area contributed by atoms with Crippen molar-refractivity contribution in [2.45, 2.75) is 66.2 Å². The topological polar surface area (TPSA) is 131 Å². The van der Waals surface area contributed by atoms with Gasteiger partial charge in [-0.3, -0.25) is 19.7 Å². The number of aryl methyl sites for hydroxylation is 2. The molecule has 3 aromatic rings. The number of carbonyl (C=O) groups is 3. The molecule has 0 saturated carbocycles. The molecule has 2 aromatic heterocycles. The SMILES string of the molecule is Cc1nc(NC(=O)OC(C)(C)C)ccc1CNC(=O)Cn1c(C)cc2c(c1=O)NC(=O)C(Cc1ccccc1)C2. The maximum Gasteiger partial charge on any atom is 0.413 e. The van der Waals surface area contributed by atoms with E-state index in [2.05, 4.69) is 20.9 Å². The lowest BCUT2D eigenvalue weighted by atomic mass is 9.88. The molecule has 1 aromatic carbocycles. The average Bonchev–Trinajstić information content (AvgIpc) is 2.87. The van der Waals surface area contributed by atoms with Crippen LogP contribution in [0.4, 0.5) is 16.3 Å². The number of rotatable bonds is 7. The zero-order valence-corrected chi connectivity index (χ0v) is 23.5. The second kappa shape index (κ2) is 11.7. The monoisotopic (exact) mass is 545 g/mol. The first-order valence-electron chi connectivity index (χ1n) is 13.2. The predicted octanol–water partition coefficient (Wildman–Crippen LogP) is 3.88. The molecule has 1 aliphatic rings. The molecule has 0 radical (unpaired) electrons. The van der Waals surface area contributed by atoms with Crippen molar-refractivity contribution >= 4 is 29.4 Å². The van der Waals surface area contributed by atoms with E-state index in [-0.39, 0.29) is 36.5 Å². The van der Waals surface area contributed by atoms with E-state index in [1.807, 2.05) is 36.4 Å². The van der Waals surface area contributed by atoms with Crippen molar-refractivity contribution in [1.29, 1.82) is 0 Å². The molecule has 40 heavy (non-hydrogen) atoms. The van der Waals surface area contributed by atoms with E-state index < -0.39 is 17.3 Å². The molecule has 1 aliphatic heterocycles. The molecule has 210 valence electrons. The fraction of sp³-hybridized carbons (Fsp3) is 0.367. The largest absolute Gasteiger partial charge is 0.444 e. The fourth-order valence-electron chi connectivity index (χ4n) is 4.62. The molecule has 3 heterocycles. The highest BCUT2D eigenvalue weighted by Crippen LogP contribution is 2.26. The number of fused-ring (bicyclic) bond motifs is 1. The van der Waals surface area contributed by atoms with Crippen molar-refractivity contribution < 1.29 is 19.1 Å². The highest BCUT2D eigenvalue weighted by molar-refractivity contribution is 5.95. The third-order valence-corrected chi connectivity index (χ3v) is 6.60. The van der Waals surface area contributed by atoms with Gasteiger partial charge in [0, 0.05) is 23.9 Å². The predicted molar refractivity (Wildman–Crippen MR) is 152 cm³/mol. The van der Waals surface area contributed by atoms with Crippen molar-refractivity contribution in [3.05, 3.63) is 87.0 Å². The minimum atomic E-state index is -0.627. The maximum absolute atomic E-state index is 13.2. The van der Waals surface area contributed by atoms with Crippen LogP contribution >= 0.6 is 0 Å². The van der Waals surface area contributed by atoms with E-state index in [1.54, 1.807) is 46.8 Å². The van der Waals surface area contributed by atoms with Crippen LogP contribution in [0.5, 0.6) is 0 Å². The van der Waals surface area contributed by atoms with Crippen molar-refractivity contribution in [3.8, 4) is 0 Å². The molecule has 0 saturated heterocycles. The van der Waals surface area contributed by atoms with Gasteiger partial charge in [0.15, 0.2) is 0 Å². The van der Waals surface area contributed by atoms with Gasteiger partial charge in [-0.1, -0.05) is 36.4 Å². The van der Waals surface area contributed by atoms with Gasteiger partial charge in [0.25, 0.3) is 5.56 Å². The molecule has 0 fully saturated rings. The van der Waals surface area contributed by atoms with Gasteiger partial charge in [-0.05, 0) is 76.3 Å². The van der Waals surface area contributed by atoms with Crippen LogP contribution in [0.2, 0.25) is 0 Å². The van der Waals surface area contributed by atoms with E-state index in [9.17, 15) is 19.2 Å². The molecule has 0 spiro atoms. The Morgan fingerprint density at radius 1 is 1.10 bits per heavy atom. The van der Waals surface area contributed by atoms with E-state index >= 15 is 0 Å². The van der Waals surface area contributed by atoms with Crippen LogP contribution in [0.1, 0.15) is 48.8 Å². The van der Waals surface area contributed by atoms with Crippen molar-refractivity contribution in [2.75, 3.05) is 10.6 Å². The quantitative estimate of drug-likeness (QED) is 0.413. The van der Waals surface area contributed by atoms with Crippen molar-refractivity contribution in [1.82, 2.24) is 14.9 Å². The van der Waals surface area contributed by atoms with Gasteiger partial charge in [-0.15, -0.1) is 0 Å². The molecule has 1 unspecified atom stereocenters. The molecule has 3 N–H and O–H groups in total. The minimum Gasteiger partial charge on any atom is -0.444 e. The number of hydrogen-bond acceptors (Lipinski definition) is 6. The number of benzene rings is 1. The van der Waals surface area contributed by atoms with Crippen LogP contribution in [0.3, 0.4) is 0 Å². The number of ether oxygens (including phenoxy) is 1. The third-order valence-electron chi connectivity index (χ3n) is 6.60. The average molecular weight is 546 g/mol. The van der Waals surface area contributed by atoms with Gasteiger partial charge in [0.1, 0.15) is 23.7 Å². The fourth-order valence-corrected chi connectivity index (χ4v) is 4.62. The van der Waals surface area contributed by atoms with Gasteiger partial charge in [-0.2, -0.15) is 0 Å². The van der Waals surface area contributed by atoms with E-state index in [1.165, 1.54) is 4.57 Å². The van der Waals surface area contributed by atoms with Crippen molar-refractivity contribution in [2.24, 2.45) is 5.92 Å². The highest BCUT2D eigenvalue weighted by atomic mass is 16.6. The molecular formula is C30H35N5O5. The molecule has 10 heteroatoms. The number of nitrogens with zero attached hydrogens (tertiary/aromatic N) is 2. The molecule has 4 rings (SSSR count). The summed E-state index contributed by atoms with van der Waals surface area (Å²) < 4.78 is 6.60. The van der Waals surface area contributed by atoms with Crippen LogP contribution in [0.15, 0.2) is 53.3 Å². The molecule has 1 atom stereocenters.